The van der Waals surface area contributed by atoms with Gasteiger partial charge in [-0.1, -0.05) is 27.2 Å². The van der Waals surface area contributed by atoms with Crippen LogP contribution in [-0.4, -0.2) is 40.7 Å². The van der Waals surface area contributed by atoms with E-state index >= 15 is 0 Å². The lowest BCUT2D eigenvalue weighted by Gasteiger charge is -2.40. The number of aryl methyl sites for hydroxylation is 1. The van der Waals surface area contributed by atoms with Gasteiger partial charge < -0.3 is 14.7 Å². The molecular formula is C26H34FN3O3. The molecule has 0 spiro atoms. The molecule has 0 aromatic carbocycles. The molecule has 178 valence electrons. The molecule has 4 rings (SSSR count). The van der Waals surface area contributed by atoms with E-state index in [0.29, 0.717) is 29.0 Å². The van der Waals surface area contributed by atoms with E-state index in [1.54, 1.807) is 12.4 Å². The molecule has 6 nitrogen and oxygen atoms in total. The van der Waals surface area contributed by atoms with Gasteiger partial charge in [-0.15, -0.1) is 0 Å². The minimum Gasteiger partial charge on any atom is -0.481 e. The number of carbonyl (C=O) groups is 1. The lowest BCUT2D eigenvalue weighted by atomic mass is 9.71. The number of pyridine rings is 2. The third kappa shape index (κ3) is 5.12. The van der Waals surface area contributed by atoms with Gasteiger partial charge in [0.2, 0.25) is 5.88 Å². The van der Waals surface area contributed by atoms with Crippen LogP contribution in [0.25, 0.3) is 11.1 Å². The Bertz CT molecular complexity index is 1040. The van der Waals surface area contributed by atoms with Crippen LogP contribution < -0.4 is 9.64 Å². The molecule has 2 aromatic rings. The zero-order valence-corrected chi connectivity index (χ0v) is 20.1. The molecule has 2 aromatic heterocycles. The zero-order chi connectivity index (χ0) is 23.8. The van der Waals surface area contributed by atoms with Gasteiger partial charge in [-0.05, 0) is 44.1 Å². The Balaban J connectivity index is 1.69. The van der Waals surface area contributed by atoms with E-state index in [1.165, 1.54) is 12.5 Å². The lowest BCUT2D eigenvalue weighted by molar-refractivity contribution is -0.136. The lowest BCUT2D eigenvalue weighted by Crippen LogP contribution is -2.38. The van der Waals surface area contributed by atoms with Gasteiger partial charge in [0.05, 0.1) is 18.7 Å². The number of hydrogen-bond acceptors (Lipinski definition) is 5. The summed E-state index contributed by atoms with van der Waals surface area (Å²) in [6.07, 6.45) is 8.55. The van der Waals surface area contributed by atoms with Crippen molar-refractivity contribution in [3.63, 3.8) is 0 Å². The number of carboxylic acids is 1. The highest BCUT2D eigenvalue weighted by Gasteiger charge is 2.33. The fourth-order valence-corrected chi connectivity index (χ4v) is 4.75. The highest BCUT2D eigenvalue weighted by atomic mass is 19.1. The van der Waals surface area contributed by atoms with Crippen molar-refractivity contribution in [3.05, 3.63) is 35.5 Å². The Hall–Kier alpha value is -2.70. The number of piperidine rings is 1. The summed E-state index contributed by atoms with van der Waals surface area (Å²) in [5.41, 5.74) is 3.83. The molecule has 2 aliphatic rings. The standard InChI is InChI=1S/C26H34FN3O3/c1-17-19(13-22(31)32)23(30-10-8-25(2,3)9-11-30)20(15-28-17)18-12-21(27)24(29-14-18)33-16-26(4)6-5-7-26/h12,14-15H,5-11,13,16H2,1-4H3,(H,31,32). The predicted octanol–water partition coefficient (Wildman–Crippen LogP) is 5.41. The SMILES string of the molecule is Cc1ncc(-c2cnc(OCC3(C)CCC3)c(F)c2)c(N2CCC(C)(C)CC2)c1CC(=O)O. The normalized spacial score (nSPS) is 19.1. The van der Waals surface area contributed by atoms with Crippen molar-refractivity contribution in [1.29, 1.82) is 0 Å². The van der Waals surface area contributed by atoms with Crippen LogP contribution in [0.3, 0.4) is 0 Å². The van der Waals surface area contributed by atoms with Gasteiger partial charge in [-0.2, -0.15) is 0 Å². The first kappa shape index (κ1) is 23.5. The maximum atomic E-state index is 15.0. The minimum atomic E-state index is -0.909. The Morgan fingerprint density at radius 3 is 2.42 bits per heavy atom. The highest BCUT2D eigenvalue weighted by molar-refractivity contribution is 5.84. The van der Waals surface area contributed by atoms with Gasteiger partial charge in [-0.25, -0.2) is 9.37 Å². The van der Waals surface area contributed by atoms with E-state index in [2.05, 4.69) is 35.6 Å². The number of aromatic nitrogens is 2. The molecule has 1 saturated heterocycles. The number of hydrogen-bond donors (Lipinski definition) is 1. The Labute approximate surface area is 195 Å². The molecular weight excluding hydrogens is 421 g/mol. The highest BCUT2D eigenvalue weighted by Crippen LogP contribution is 2.42. The van der Waals surface area contributed by atoms with Crippen molar-refractivity contribution < 1.29 is 19.0 Å². The summed E-state index contributed by atoms with van der Waals surface area (Å²) in [5, 5.41) is 9.55. The number of aliphatic carboxylic acids is 1. The molecule has 3 heterocycles. The van der Waals surface area contributed by atoms with Crippen LogP contribution in [0.2, 0.25) is 0 Å². The van der Waals surface area contributed by atoms with Crippen molar-refractivity contribution in [2.45, 2.75) is 66.2 Å². The molecule has 33 heavy (non-hydrogen) atoms. The topological polar surface area (TPSA) is 75.6 Å². The Morgan fingerprint density at radius 1 is 1.15 bits per heavy atom. The first-order valence-electron chi connectivity index (χ1n) is 11.8. The summed E-state index contributed by atoms with van der Waals surface area (Å²) in [5.74, 6) is -1.41. The van der Waals surface area contributed by atoms with E-state index in [4.69, 9.17) is 4.74 Å². The van der Waals surface area contributed by atoms with Crippen LogP contribution in [-0.2, 0) is 11.2 Å². The van der Waals surface area contributed by atoms with E-state index in [1.807, 2.05) is 6.92 Å². The van der Waals surface area contributed by atoms with Crippen molar-refractivity contribution in [2.75, 3.05) is 24.6 Å². The predicted molar refractivity (Wildman–Crippen MR) is 126 cm³/mol. The monoisotopic (exact) mass is 455 g/mol. The molecule has 0 atom stereocenters. The van der Waals surface area contributed by atoms with Crippen molar-refractivity contribution in [2.24, 2.45) is 10.8 Å². The third-order valence-electron chi connectivity index (χ3n) is 7.36. The largest absolute Gasteiger partial charge is 0.481 e. The summed E-state index contributed by atoms with van der Waals surface area (Å²) in [4.78, 5) is 22.6. The first-order valence-corrected chi connectivity index (χ1v) is 11.8. The second-order valence-electron chi connectivity index (χ2n) is 10.8. The summed E-state index contributed by atoms with van der Waals surface area (Å²) < 4.78 is 20.7. The summed E-state index contributed by atoms with van der Waals surface area (Å²) in [6, 6.07) is 1.43. The van der Waals surface area contributed by atoms with Gasteiger partial charge in [0, 0.05) is 53.3 Å². The summed E-state index contributed by atoms with van der Waals surface area (Å²) in [7, 11) is 0. The Kier molecular flexibility index (Phi) is 6.34. The molecule has 7 heteroatoms. The van der Waals surface area contributed by atoms with E-state index in [-0.39, 0.29) is 23.1 Å². The third-order valence-corrected chi connectivity index (χ3v) is 7.36. The van der Waals surface area contributed by atoms with Crippen molar-refractivity contribution in [3.8, 4) is 17.0 Å². The molecule has 1 N–H and O–H groups in total. The van der Waals surface area contributed by atoms with Crippen LogP contribution in [0.15, 0.2) is 18.5 Å². The van der Waals surface area contributed by atoms with Crippen molar-refractivity contribution in [1.82, 2.24) is 9.97 Å². The van der Waals surface area contributed by atoms with Gasteiger partial charge >= 0.3 is 5.97 Å². The first-order chi connectivity index (χ1) is 15.6. The van der Waals surface area contributed by atoms with Gasteiger partial charge in [0.25, 0.3) is 0 Å². The number of anilines is 1. The Morgan fingerprint density at radius 2 is 1.85 bits per heavy atom. The molecule has 0 bridgehead atoms. The van der Waals surface area contributed by atoms with Gasteiger partial charge in [-0.3, -0.25) is 9.78 Å². The van der Waals surface area contributed by atoms with Crippen LogP contribution >= 0.6 is 0 Å². The molecule has 0 amide bonds. The van der Waals surface area contributed by atoms with E-state index in [9.17, 15) is 14.3 Å². The molecule has 1 aliphatic heterocycles. The number of nitrogens with zero attached hydrogens (tertiary/aromatic N) is 3. The maximum absolute atomic E-state index is 15.0. The fraction of sp³-hybridized carbons (Fsp3) is 0.577. The number of halogens is 1. The summed E-state index contributed by atoms with van der Waals surface area (Å²) >= 11 is 0. The van der Waals surface area contributed by atoms with E-state index in [0.717, 1.165) is 44.5 Å². The zero-order valence-electron chi connectivity index (χ0n) is 20.1. The number of rotatable bonds is 7. The quantitative estimate of drug-likeness (QED) is 0.601. The molecule has 1 saturated carbocycles. The van der Waals surface area contributed by atoms with Crippen LogP contribution in [0.5, 0.6) is 5.88 Å². The number of ether oxygens (including phenoxy) is 1. The number of carboxylic acid groups (broad SMARTS) is 1. The molecule has 0 unspecified atom stereocenters. The summed E-state index contributed by atoms with van der Waals surface area (Å²) in [6.45, 7) is 10.6. The smallest absolute Gasteiger partial charge is 0.307 e. The van der Waals surface area contributed by atoms with Crippen LogP contribution in [0.4, 0.5) is 10.1 Å². The molecule has 1 aliphatic carbocycles. The molecule has 2 fully saturated rings. The van der Waals surface area contributed by atoms with E-state index < -0.39 is 11.8 Å². The fourth-order valence-electron chi connectivity index (χ4n) is 4.75. The second kappa shape index (κ2) is 8.92. The van der Waals surface area contributed by atoms with Crippen molar-refractivity contribution >= 4 is 11.7 Å². The average Bonchev–Trinajstić information content (AvgIpc) is 2.73. The minimum absolute atomic E-state index is 0.0129. The van der Waals surface area contributed by atoms with Crippen LogP contribution in [0, 0.1) is 23.6 Å². The maximum Gasteiger partial charge on any atom is 0.307 e. The average molecular weight is 456 g/mol. The molecule has 0 radical (unpaired) electrons. The van der Waals surface area contributed by atoms with Gasteiger partial charge in [0.1, 0.15) is 0 Å². The van der Waals surface area contributed by atoms with Gasteiger partial charge in [0.15, 0.2) is 5.82 Å². The van der Waals surface area contributed by atoms with Crippen LogP contribution in [0.1, 0.15) is 64.1 Å². The second-order valence-corrected chi connectivity index (χ2v) is 10.8.